The van der Waals surface area contributed by atoms with E-state index in [2.05, 4.69) is 13.8 Å². The van der Waals surface area contributed by atoms with Gasteiger partial charge in [-0.3, -0.25) is 9.69 Å². The van der Waals surface area contributed by atoms with Gasteiger partial charge in [-0.05, 0) is 32.0 Å². The summed E-state index contributed by atoms with van der Waals surface area (Å²) in [7, 11) is 0. The van der Waals surface area contributed by atoms with Gasteiger partial charge in [-0.15, -0.1) is 0 Å². The molecule has 0 bridgehead atoms. The number of rotatable bonds is 3. The van der Waals surface area contributed by atoms with Crippen LogP contribution in [0.3, 0.4) is 0 Å². The van der Waals surface area contributed by atoms with Crippen LogP contribution >= 0.6 is 11.8 Å². The Balaban J connectivity index is 2.06. The second-order valence-corrected chi connectivity index (χ2v) is 7.17. The molecule has 1 heterocycles. The molecule has 0 radical (unpaired) electrons. The lowest BCUT2D eigenvalue weighted by molar-refractivity contribution is 0.0923. The molecule has 0 unspecified atom stereocenters. The third-order valence-electron chi connectivity index (χ3n) is 3.10. The fourth-order valence-electron chi connectivity index (χ4n) is 2.25. The molecule has 0 spiro atoms. The normalized spacial score (nSPS) is 19.4. The largest absolute Gasteiger partial charge is 0.294 e. The standard InChI is InChI=1S/C14H17F2NOS/c1-14(2)9-17(5-6-19-14)8-13(18)11-7-10(15)3-4-12(11)16/h3-4,7H,5-6,8-9H2,1-2H3. The van der Waals surface area contributed by atoms with Gasteiger partial charge in [0.25, 0.3) is 0 Å². The van der Waals surface area contributed by atoms with E-state index in [9.17, 15) is 13.6 Å². The third kappa shape index (κ3) is 3.76. The van der Waals surface area contributed by atoms with E-state index in [-0.39, 0.29) is 22.6 Å². The summed E-state index contributed by atoms with van der Waals surface area (Å²) in [5.74, 6) is -0.651. The molecule has 1 aromatic carbocycles. The predicted molar refractivity (Wildman–Crippen MR) is 73.7 cm³/mol. The number of Topliss-reactive ketones (excluding diaryl/α,β-unsaturated/α-hetero) is 1. The van der Waals surface area contributed by atoms with Gasteiger partial charge in [-0.25, -0.2) is 8.78 Å². The number of benzene rings is 1. The van der Waals surface area contributed by atoms with Crippen molar-refractivity contribution in [1.82, 2.24) is 4.90 Å². The first-order valence-corrected chi connectivity index (χ1v) is 7.20. The Bertz CT molecular complexity index is 490. The molecule has 0 N–H and O–H groups in total. The van der Waals surface area contributed by atoms with E-state index in [0.29, 0.717) is 0 Å². The zero-order valence-corrected chi connectivity index (χ0v) is 11.9. The molecule has 19 heavy (non-hydrogen) atoms. The lowest BCUT2D eigenvalue weighted by Gasteiger charge is -2.37. The van der Waals surface area contributed by atoms with Crippen LogP contribution in [0.5, 0.6) is 0 Å². The molecule has 0 aliphatic carbocycles. The molecule has 0 amide bonds. The van der Waals surface area contributed by atoms with Crippen LogP contribution < -0.4 is 0 Å². The van der Waals surface area contributed by atoms with Crippen LogP contribution in [0.1, 0.15) is 24.2 Å². The SMILES string of the molecule is CC1(C)CN(CC(=O)c2cc(F)ccc2F)CCS1. The predicted octanol–water partition coefficient (Wildman–Crippen LogP) is 2.97. The van der Waals surface area contributed by atoms with E-state index in [1.54, 1.807) is 0 Å². The highest BCUT2D eigenvalue weighted by Crippen LogP contribution is 2.29. The van der Waals surface area contributed by atoms with Gasteiger partial charge in [-0.1, -0.05) is 0 Å². The van der Waals surface area contributed by atoms with Gasteiger partial charge in [0.2, 0.25) is 0 Å². The second kappa shape index (κ2) is 5.59. The van der Waals surface area contributed by atoms with Crippen molar-refractivity contribution in [3.8, 4) is 0 Å². The molecule has 2 rings (SSSR count). The van der Waals surface area contributed by atoms with Gasteiger partial charge in [-0.2, -0.15) is 11.8 Å². The second-order valence-electron chi connectivity index (χ2n) is 5.37. The smallest absolute Gasteiger partial charge is 0.179 e. The first-order valence-electron chi connectivity index (χ1n) is 6.22. The van der Waals surface area contributed by atoms with Crippen molar-refractivity contribution in [2.45, 2.75) is 18.6 Å². The molecule has 104 valence electrons. The number of halogens is 2. The molecule has 2 nitrogen and oxygen atoms in total. The van der Waals surface area contributed by atoms with Crippen LogP contribution in [-0.4, -0.2) is 40.8 Å². The lowest BCUT2D eigenvalue weighted by Crippen LogP contribution is -2.45. The van der Waals surface area contributed by atoms with Crippen molar-refractivity contribution >= 4 is 17.5 Å². The van der Waals surface area contributed by atoms with E-state index >= 15 is 0 Å². The monoisotopic (exact) mass is 285 g/mol. The van der Waals surface area contributed by atoms with Gasteiger partial charge in [0, 0.05) is 23.6 Å². The summed E-state index contributed by atoms with van der Waals surface area (Å²) in [6.07, 6.45) is 0. The van der Waals surface area contributed by atoms with Crippen molar-refractivity contribution < 1.29 is 13.6 Å². The van der Waals surface area contributed by atoms with Gasteiger partial charge in [0.05, 0.1) is 12.1 Å². The molecule has 1 aliphatic heterocycles. The Kier molecular flexibility index (Phi) is 4.26. The molecule has 1 aromatic rings. The van der Waals surface area contributed by atoms with Crippen LogP contribution in [0.2, 0.25) is 0 Å². The quantitative estimate of drug-likeness (QED) is 0.796. The molecule has 1 saturated heterocycles. The summed E-state index contributed by atoms with van der Waals surface area (Å²) in [4.78, 5) is 14.0. The first kappa shape index (κ1) is 14.5. The van der Waals surface area contributed by atoms with Crippen LogP contribution in [0.4, 0.5) is 8.78 Å². The number of carbonyl (C=O) groups excluding carboxylic acids is 1. The molecule has 0 aromatic heterocycles. The fourth-order valence-corrected chi connectivity index (χ4v) is 3.42. The lowest BCUT2D eigenvalue weighted by atomic mass is 10.1. The summed E-state index contributed by atoms with van der Waals surface area (Å²) in [5.41, 5.74) is -0.156. The fraction of sp³-hybridized carbons (Fsp3) is 0.500. The molecular weight excluding hydrogens is 268 g/mol. The van der Waals surface area contributed by atoms with Gasteiger partial charge in [0.1, 0.15) is 11.6 Å². The highest BCUT2D eigenvalue weighted by molar-refractivity contribution is 8.00. The van der Waals surface area contributed by atoms with Crippen LogP contribution in [0.15, 0.2) is 18.2 Å². The Morgan fingerprint density at radius 2 is 2.16 bits per heavy atom. The highest BCUT2D eigenvalue weighted by atomic mass is 32.2. The zero-order valence-electron chi connectivity index (χ0n) is 11.1. The molecule has 1 fully saturated rings. The van der Waals surface area contributed by atoms with Gasteiger partial charge >= 0.3 is 0 Å². The van der Waals surface area contributed by atoms with E-state index in [1.165, 1.54) is 0 Å². The van der Waals surface area contributed by atoms with Crippen molar-refractivity contribution in [3.63, 3.8) is 0 Å². The Morgan fingerprint density at radius 1 is 1.42 bits per heavy atom. The van der Waals surface area contributed by atoms with Crippen molar-refractivity contribution in [1.29, 1.82) is 0 Å². The molecule has 0 saturated carbocycles. The number of carbonyl (C=O) groups is 1. The van der Waals surface area contributed by atoms with Gasteiger partial charge in [0.15, 0.2) is 5.78 Å². The minimum Gasteiger partial charge on any atom is -0.294 e. The number of nitrogens with zero attached hydrogens (tertiary/aromatic N) is 1. The maximum atomic E-state index is 13.5. The number of hydrogen-bond acceptors (Lipinski definition) is 3. The highest BCUT2D eigenvalue weighted by Gasteiger charge is 2.28. The minimum absolute atomic E-state index is 0.0962. The summed E-state index contributed by atoms with van der Waals surface area (Å²) < 4.78 is 26.7. The number of thioether (sulfide) groups is 1. The van der Waals surface area contributed by atoms with Crippen LogP contribution in [0, 0.1) is 11.6 Å². The summed E-state index contributed by atoms with van der Waals surface area (Å²) in [6.45, 7) is 5.97. The average molecular weight is 285 g/mol. The molecule has 1 aliphatic rings. The van der Waals surface area contributed by atoms with Crippen molar-refractivity contribution in [2.75, 3.05) is 25.4 Å². The maximum Gasteiger partial charge on any atom is 0.179 e. The van der Waals surface area contributed by atoms with Crippen molar-refractivity contribution in [3.05, 3.63) is 35.4 Å². The minimum atomic E-state index is -0.656. The Morgan fingerprint density at radius 3 is 2.84 bits per heavy atom. The topological polar surface area (TPSA) is 20.3 Å². The van der Waals surface area contributed by atoms with Crippen molar-refractivity contribution in [2.24, 2.45) is 0 Å². The van der Waals surface area contributed by atoms with E-state index in [1.807, 2.05) is 16.7 Å². The van der Waals surface area contributed by atoms with Crippen LogP contribution in [-0.2, 0) is 0 Å². The zero-order chi connectivity index (χ0) is 14.0. The van der Waals surface area contributed by atoms with E-state index in [4.69, 9.17) is 0 Å². The number of ketones is 1. The third-order valence-corrected chi connectivity index (χ3v) is 4.40. The van der Waals surface area contributed by atoms with Crippen LogP contribution in [0.25, 0.3) is 0 Å². The maximum absolute atomic E-state index is 13.5. The molecule has 5 heteroatoms. The average Bonchev–Trinajstić information content (AvgIpc) is 2.31. The van der Waals surface area contributed by atoms with E-state index in [0.717, 1.165) is 37.0 Å². The Hall–Kier alpha value is -0.940. The van der Waals surface area contributed by atoms with Gasteiger partial charge < -0.3 is 0 Å². The number of hydrogen-bond donors (Lipinski definition) is 0. The van der Waals surface area contributed by atoms with E-state index < -0.39 is 11.6 Å². The summed E-state index contributed by atoms with van der Waals surface area (Å²) >= 11 is 1.87. The first-order chi connectivity index (χ1) is 8.87. The Labute approximate surface area is 116 Å². The summed E-state index contributed by atoms with van der Waals surface area (Å²) in [6, 6.07) is 2.99. The molecular formula is C14H17F2NOS. The summed E-state index contributed by atoms with van der Waals surface area (Å²) in [5, 5.41) is 0. The molecule has 0 atom stereocenters.